The van der Waals surface area contributed by atoms with Gasteiger partial charge in [0.05, 0.1) is 24.1 Å². The predicted octanol–water partition coefficient (Wildman–Crippen LogP) is 1.81. The van der Waals surface area contributed by atoms with Crippen molar-refractivity contribution in [3.63, 3.8) is 0 Å². The summed E-state index contributed by atoms with van der Waals surface area (Å²) in [5.74, 6) is 6.02. The molecule has 0 amide bonds. The van der Waals surface area contributed by atoms with Gasteiger partial charge in [-0.2, -0.15) is 0 Å². The topological polar surface area (TPSA) is 38.5 Å². The van der Waals surface area contributed by atoms with Crippen molar-refractivity contribution < 1.29 is 4.74 Å². The molecule has 3 nitrogen and oxygen atoms in total. The minimum atomic E-state index is 0.431. The number of thiophene rings is 1. The summed E-state index contributed by atoms with van der Waals surface area (Å²) in [7, 11) is 0. The summed E-state index contributed by atoms with van der Waals surface area (Å²) in [5.41, 5.74) is 5.40. The van der Waals surface area contributed by atoms with E-state index in [1.54, 1.807) is 11.3 Å². The van der Waals surface area contributed by atoms with Gasteiger partial charge in [0.25, 0.3) is 0 Å². The van der Waals surface area contributed by atoms with Crippen LogP contribution in [-0.4, -0.2) is 36.7 Å². The molecule has 1 aromatic heterocycles. The number of hydrogen-bond acceptors (Lipinski definition) is 4. The van der Waals surface area contributed by atoms with Crippen LogP contribution in [0.2, 0.25) is 0 Å². The molecule has 1 aliphatic carbocycles. The Labute approximate surface area is 118 Å². The summed E-state index contributed by atoms with van der Waals surface area (Å²) >= 11 is 1.79. The summed E-state index contributed by atoms with van der Waals surface area (Å²) in [6, 6.07) is 4.94. The van der Waals surface area contributed by atoms with Gasteiger partial charge in [-0.15, -0.1) is 11.3 Å². The zero-order chi connectivity index (χ0) is 13.1. The molecule has 2 aliphatic rings. The van der Waals surface area contributed by atoms with Gasteiger partial charge in [0.1, 0.15) is 0 Å². The van der Waals surface area contributed by atoms with E-state index in [0.717, 1.165) is 24.6 Å². The van der Waals surface area contributed by atoms with Crippen molar-refractivity contribution in [3.05, 3.63) is 21.9 Å². The zero-order valence-corrected chi connectivity index (χ0v) is 11.9. The molecule has 1 saturated carbocycles. The Balaban J connectivity index is 1.65. The van der Waals surface area contributed by atoms with Crippen molar-refractivity contribution in [2.45, 2.75) is 38.0 Å². The standard InChI is InChI=1S/C15H20N2OS/c16-8-2-3-12-6-7-13(19-12)11-17-9-10-18-15-5-1-4-14(15)17/h6-7,14-15H,1,4-5,8-11,16H2. The molecule has 3 rings (SSSR count). The van der Waals surface area contributed by atoms with Gasteiger partial charge in [0.15, 0.2) is 0 Å². The maximum Gasteiger partial charge on any atom is 0.0772 e. The summed E-state index contributed by atoms with van der Waals surface area (Å²) < 4.78 is 5.85. The van der Waals surface area contributed by atoms with Gasteiger partial charge in [0, 0.05) is 24.0 Å². The fourth-order valence-electron chi connectivity index (χ4n) is 3.07. The van der Waals surface area contributed by atoms with E-state index in [1.165, 1.54) is 24.1 Å². The highest BCUT2D eigenvalue weighted by Crippen LogP contribution is 2.31. The van der Waals surface area contributed by atoms with Crippen LogP contribution < -0.4 is 5.73 Å². The molecule has 1 saturated heterocycles. The Hall–Kier alpha value is -0.860. The first-order valence-corrected chi connectivity index (χ1v) is 7.82. The molecule has 19 heavy (non-hydrogen) atoms. The van der Waals surface area contributed by atoms with E-state index < -0.39 is 0 Å². The number of fused-ring (bicyclic) bond motifs is 1. The molecule has 1 aliphatic heterocycles. The Bertz CT molecular complexity index is 488. The maximum atomic E-state index is 5.85. The third-order valence-corrected chi connectivity index (χ3v) is 4.92. The molecule has 0 radical (unpaired) electrons. The third kappa shape index (κ3) is 3.01. The van der Waals surface area contributed by atoms with Crippen molar-refractivity contribution in [1.82, 2.24) is 4.90 Å². The highest BCUT2D eigenvalue weighted by Gasteiger charge is 2.35. The van der Waals surface area contributed by atoms with E-state index in [4.69, 9.17) is 10.5 Å². The van der Waals surface area contributed by atoms with E-state index in [-0.39, 0.29) is 0 Å². The summed E-state index contributed by atoms with van der Waals surface area (Å²) in [6.07, 6.45) is 4.31. The number of rotatable bonds is 2. The van der Waals surface area contributed by atoms with Crippen molar-refractivity contribution in [1.29, 1.82) is 0 Å². The Kier molecular flexibility index (Phi) is 4.19. The Morgan fingerprint density at radius 2 is 2.37 bits per heavy atom. The lowest BCUT2D eigenvalue weighted by molar-refractivity contribution is -0.0584. The second kappa shape index (κ2) is 6.06. The predicted molar refractivity (Wildman–Crippen MR) is 78.0 cm³/mol. The second-order valence-corrected chi connectivity index (χ2v) is 6.32. The lowest BCUT2D eigenvalue weighted by Crippen LogP contribution is -2.47. The first-order valence-electron chi connectivity index (χ1n) is 7.00. The molecule has 0 spiro atoms. The number of nitrogens with two attached hydrogens (primary N) is 1. The molecule has 1 aromatic rings. The second-order valence-electron chi connectivity index (χ2n) is 5.15. The average molecular weight is 276 g/mol. The summed E-state index contributed by atoms with van der Waals surface area (Å²) in [6.45, 7) is 3.41. The smallest absolute Gasteiger partial charge is 0.0772 e. The van der Waals surface area contributed by atoms with Crippen LogP contribution in [0.3, 0.4) is 0 Å². The van der Waals surface area contributed by atoms with Gasteiger partial charge < -0.3 is 10.5 Å². The largest absolute Gasteiger partial charge is 0.375 e. The minimum absolute atomic E-state index is 0.431. The maximum absolute atomic E-state index is 5.85. The van der Waals surface area contributed by atoms with Gasteiger partial charge in [-0.05, 0) is 31.4 Å². The van der Waals surface area contributed by atoms with E-state index in [0.29, 0.717) is 18.7 Å². The van der Waals surface area contributed by atoms with Gasteiger partial charge in [-0.3, -0.25) is 4.90 Å². The Morgan fingerprint density at radius 1 is 1.42 bits per heavy atom. The normalized spacial score (nSPS) is 26.8. The fraction of sp³-hybridized carbons (Fsp3) is 0.600. The van der Waals surface area contributed by atoms with Crippen LogP contribution in [0.15, 0.2) is 12.1 Å². The molecule has 4 heteroatoms. The molecular formula is C15H20N2OS. The minimum Gasteiger partial charge on any atom is -0.375 e. The first-order chi connectivity index (χ1) is 9.36. The van der Waals surface area contributed by atoms with E-state index in [9.17, 15) is 0 Å². The molecule has 2 heterocycles. The van der Waals surface area contributed by atoms with E-state index in [2.05, 4.69) is 28.9 Å². The van der Waals surface area contributed by atoms with Crippen LogP contribution in [0.1, 0.15) is 29.0 Å². The molecule has 2 atom stereocenters. The van der Waals surface area contributed by atoms with Gasteiger partial charge in [-0.25, -0.2) is 0 Å². The van der Waals surface area contributed by atoms with Crippen molar-refractivity contribution in [3.8, 4) is 11.8 Å². The van der Waals surface area contributed by atoms with Crippen LogP contribution in [0.25, 0.3) is 0 Å². The lowest BCUT2D eigenvalue weighted by atomic mass is 10.1. The number of hydrogen-bond donors (Lipinski definition) is 1. The van der Waals surface area contributed by atoms with Crippen molar-refractivity contribution in [2.24, 2.45) is 5.73 Å². The van der Waals surface area contributed by atoms with Crippen molar-refractivity contribution in [2.75, 3.05) is 19.7 Å². The van der Waals surface area contributed by atoms with Crippen LogP contribution >= 0.6 is 11.3 Å². The van der Waals surface area contributed by atoms with Crippen LogP contribution in [0.4, 0.5) is 0 Å². The number of ether oxygens (including phenoxy) is 1. The van der Waals surface area contributed by atoms with Crippen LogP contribution in [0.5, 0.6) is 0 Å². The van der Waals surface area contributed by atoms with Crippen LogP contribution in [-0.2, 0) is 11.3 Å². The Morgan fingerprint density at radius 3 is 3.26 bits per heavy atom. The van der Waals surface area contributed by atoms with E-state index in [1.807, 2.05) is 0 Å². The van der Waals surface area contributed by atoms with Gasteiger partial charge in [0.2, 0.25) is 0 Å². The highest BCUT2D eigenvalue weighted by molar-refractivity contribution is 7.12. The molecule has 2 fully saturated rings. The van der Waals surface area contributed by atoms with Crippen molar-refractivity contribution >= 4 is 11.3 Å². The lowest BCUT2D eigenvalue weighted by Gasteiger charge is -2.37. The fourth-order valence-corrected chi connectivity index (χ4v) is 3.98. The first kappa shape index (κ1) is 13.1. The summed E-state index contributed by atoms with van der Waals surface area (Å²) in [4.78, 5) is 5.11. The monoisotopic (exact) mass is 276 g/mol. The quantitative estimate of drug-likeness (QED) is 0.837. The van der Waals surface area contributed by atoms with Gasteiger partial charge >= 0.3 is 0 Å². The average Bonchev–Trinajstić information content (AvgIpc) is 3.05. The van der Waals surface area contributed by atoms with Crippen LogP contribution in [0, 0.1) is 11.8 Å². The number of morpholine rings is 1. The molecule has 0 aromatic carbocycles. The zero-order valence-electron chi connectivity index (χ0n) is 11.1. The molecule has 2 N–H and O–H groups in total. The SMILES string of the molecule is NCC#Cc1ccc(CN2CCOC3CCCC32)s1. The molecule has 0 bridgehead atoms. The molecule has 2 unspecified atom stereocenters. The molecule has 102 valence electrons. The third-order valence-electron chi connectivity index (χ3n) is 3.93. The number of nitrogens with zero attached hydrogens (tertiary/aromatic N) is 1. The molecular weight excluding hydrogens is 256 g/mol. The van der Waals surface area contributed by atoms with E-state index >= 15 is 0 Å². The summed E-state index contributed by atoms with van der Waals surface area (Å²) in [5, 5.41) is 0. The van der Waals surface area contributed by atoms with Gasteiger partial charge in [-0.1, -0.05) is 11.8 Å². The highest BCUT2D eigenvalue weighted by atomic mass is 32.1.